The molecule has 0 radical (unpaired) electrons. The molecule has 4 fully saturated rings. The van der Waals surface area contributed by atoms with Gasteiger partial charge in [0.2, 0.25) is 11.0 Å². The summed E-state index contributed by atoms with van der Waals surface area (Å²) < 4.78 is 4.28. The Morgan fingerprint density at radius 2 is 1.88 bits per heavy atom. The summed E-state index contributed by atoms with van der Waals surface area (Å²) in [6.07, 6.45) is 4.19. The van der Waals surface area contributed by atoms with Crippen LogP contribution in [0.15, 0.2) is 0 Å². The van der Waals surface area contributed by atoms with E-state index in [4.69, 9.17) is 0 Å². The van der Waals surface area contributed by atoms with Crippen molar-refractivity contribution in [1.82, 2.24) is 19.2 Å². The molecule has 0 N–H and O–H groups in total. The lowest BCUT2D eigenvalue weighted by molar-refractivity contribution is -0.132. The van der Waals surface area contributed by atoms with Gasteiger partial charge in [-0.1, -0.05) is 0 Å². The second-order valence-electron chi connectivity index (χ2n) is 8.73. The van der Waals surface area contributed by atoms with Crippen molar-refractivity contribution >= 4 is 22.6 Å². The van der Waals surface area contributed by atoms with Crippen LogP contribution in [0.25, 0.3) is 0 Å². The molecule has 3 saturated carbocycles. The first-order valence-electron chi connectivity index (χ1n) is 10.1. The maximum atomic E-state index is 12.8. The Hall–Kier alpha value is -1.21. The molecule has 0 aromatic carbocycles. The van der Waals surface area contributed by atoms with Gasteiger partial charge in [0.15, 0.2) is 0 Å². The van der Waals surface area contributed by atoms with Gasteiger partial charge in [-0.2, -0.15) is 4.37 Å². The van der Waals surface area contributed by atoms with Gasteiger partial charge in [0.25, 0.3) is 0 Å². The fourth-order valence-corrected chi connectivity index (χ4v) is 6.61. The topological polar surface area (TPSA) is 52.6 Å². The summed E-state index contributed by atoms with van der Waals surface area (Å²) in [5.74, 6) is 4.94. The molecule has 1 aliphatic heterocycles. The molecule has 5 atom stereocenters. The fourth-order valence-electron chi connectivity index (χ4n) is 5.89. The van der Waals surface area contributed by atoms with Gasteiger partial charge in [-0.15, -0.1) is 0 Å². The van der Waals surface area contributed by atoms with Crippen molar-refractivity contribution in [1.29, 1.82) is 0 Å². The van der Waals surface area contributed by atoms with E-state index in [2.05, 4.69) is 19.2 Å². The van der Waals surface area contributed by atoms with E-state index in [1.165, 1.54) is 30.8 Å². The van der Waals surface area contributed by atoms with Crippen LogP contribution >= 0.6 is 11.5 Å². The van der Waals surface area contributed by atoms with Crippen LogP contribution in [0.1, 0.15) is 25.1 Å². The van der Waals surface area contributed by atoms with E-state index < -0.39 is 0 Å². The first-order chi connectivity index (χ1) is 12.6. The van der Waals surface area contributed by atoms with E-state index >= 15 is 0 Å². The molecular formula is C19H29N5OS. The third kappa shape index (κ3) is 2.83. The van der Waals surface area contributed by atoms with Crippen molar-refractivity contribution in [2.24, 2.45) is 29.6 Å². The van der Waals surface area contributed by atoms with Crippen LogP contribution in [-0.2, 0) is 4.79 Å². The molecule has 2 heterocycles. The number of hydrogen-bond acceptors (Lipinski definition) is 6. The first-order valence-corrected chi connectivity index (χ1v) is 10.9. The van der Waals surface area contributed by atoms with E-state index in [-0.39, 0.29) is 0 Å². The Bertz CT molecular complexity index is 669. The van der Waals surface area contributed by atoms with Crippen molar-refractivity contribution in [2.75, 3.05) is 51.2 Å². The number of anilines is 1. The number of carbonyl (C=O) groups excluding carboxylic acids is 1. The lowest BCUT2D eigenvalue weighted by atomic mass is 10.0. The van der Waals surface area contributed by atoms with Gasteiger partial charge in [0.05, 0.1) is 0 Å². The number of hydrogen-bond donors (Lipinski definition) is 0. The Morgan fingerprint density at radius 3 is 2.50 bits per heavy atom. The molecule has 1 saturated heterocycles. The predicted octanol–water partition coefficient (Wildman–Crippen LogP) is 1.72. The first kappa shape index (κ1) is 16.9. The number of fused-ring (bicyclic) bond motifs is 5. The summed E-state index contributed by atoms with van der Waals surface area (Å²) in [7, 11) is 2.01. The average molecular weight is 376 g/mol. The van der Waals surface area contributed by atoms with Crippen molar-refractivity contribution in [3.8, 4) is 0 Å². The summed E-state index contributed by atoms with van der Waals surface area (Å²) in [5, 5.41) is 1.05. The monoisotopic (exact) mass is 375 g/mol. The molecule has 1 amide bonds. The molecule has 26 heavy (non-hydrogen) atoms. The second-order valence-corrected chi connectivity index (χ2v) is 9.46. The second kappa shape index (κ2) is 6.44. The van der Waals surface area contributed by atoms with E-state index in [1.54, 1.807) is 0 Å². The highest BCUT2D eigenvalue weighted by atomic mass is 32.1. The summed E-state index contributed by atoms with van der Waals surface area (Å²) in [6.45, 7) is 7.88. The Kier molecular flexibility index (Phi) is 4.20. The molecule has 5 rings (SSSR count). The van der Waals surface area contributed by atoms with Gasteiger partial charge in [-0.3, -0.25) is 9.69 Å². The van der Waals surface area contributed by atoms with Gasteiger partial charge in [-0.25, -0.2) is 4.98 Å². The fraction of sp³-hybridized carbons (Fsp3) is 0.842. The highest BCUT2D eigenvalue weighted by Gasteiger charge is 2.67. The highest BCUT2D eigenvalue weighted by Crippen LogP contribution is 2.69. The highest BCUT2D eigenvalue weighted by molar-refractivity contribution is 7.09. The predicted molar refractivity (Wildman–Crippen MR) is 102 cm³/mol. The summed E-state index contributed by atoms with van der Waals surface area (Å²) in [5.41, 5.74) is 0. The lowest BCUT2D eigenvalue weighted by Crippen LogP contribution is -2.48. The number of nitrogens with zero attached hydrogens (tertiary/aromatic N) is 5. The van der Waals surface area contributed by atoms with Crippen LogP contribution in [0.5, 0.6) is 0 Å². The zero-order valence-electron chi connectivity index (χ0n) is 15.8. The SMILES string of the molecule is Cc1nsc(N2CCN(CCN(C)C(=O)C3[C@@H]4[C@H]5CC[C@H](C5)[C@H]34)CC2)n1. The maximum absolute atomic E-state index is 12.8. The molecule has 6 nitrogen and oxygen atoms in total. The zero-order chi connectivity index (χ0) is 17.8. The Labute approximate surface area is 159 Å². The summed E-state index contributed by atoms with van der Waals surface area (Å²) in [6, 6.07) is 0. The lowest BCUT2D eigenvalue weighted by Gasteiger charge is -2.35. The minimum Gasteiger partial charge on any atom is -0.344 e. The number of carbonyl (C=O) groups is 1. The maximum Gasteiger partial charge on any atom is 0.226 e. The van der Waals surface area contributed by atoms with Crippen LogP contribution in [0.2, 0.25) is 0 Å². The molecule has 2 bridgehead atoms. The average Bonchev–Trinajstić information content (AvgIpc) is 2.97. The van der Waals surface area contributed by atoms with Crippen molar-refractivity contribution in [3.63, 3.8) is 0 Å². The molecule has 7 heteroatoms. The third-order valence-corrected chi connectivity index (χ3v) is 8.18. The van der Waals surface area contributed by atoms with Crippen LogP contribution in [-0.4, -0.2) is 71.4 Å². The molecule has 4 aliphatic rings. The van der Waals surface area contributed by atoms with Crippen molar-refractivity contribution < 1.29 is 4.79 Å². The molecule has 0 spiro atoms. The number of likely N-dealkylation sites (N-methyl/N-ethyl adjacent to an activating group) is 1. The van der Waals surface area contributed by atoms with Gasteiger partial charge >= 0.3 is 0 Å². The molecule has 142 valence electrons. The minimum atomic E-state index is 0.378. The van der Waals surface area contributed by atoms with Crippen LogP contribution in [0.3, 0.4) is 0 Å². The van der Waals surface area contributed by atoms with Gasteiger partial charge in [0.1, 0.15) is 5.82 Å². The van der Waals surface area contributed by atoms with E-state index in [0.29, 0.717) is 11.8 Å². The van der Waals surface area contributed by atoms with Crippen molar-refractivity contribution in [2.45, 2.75) is 26.2 Å². The standard InChI is InChI=1S/C19H29N5OS/c1-12-20-19(26-21-12)24-9-7-23(8-10-24)6-5-22(2)18(25)17-15-13-3-4-14(11-13)16(15)17/h13-17H,3-11H2,1-2H3/t13-,14+,15+,16-,17?. The van der Waals surface area contributed by atoms with Gasteiger partial charge < -0.3 is 9.80 Å². The van der Waals surface area contributed by atoms with Crippen LogP contribution < -0.4 is 4.90 Å². The van der Waals surface area contributed by atoms with Crippen molar-refractivity contribution in [3.05, 3.63) is 5.82 Å². The molecule has 1 unspecified atom stereocenters. The number of aryl methyl sites for hydroxylation is 1. The van der Waals surface area contributed by atoms with E-state index in [9.17, 15) is 4.79 Å². The van der Waals surface area contributed by atoms with Gasteiger partial charge in [0, 0.05) is 63.8 Å². The quantitative estimate of drug-likeness (QED) is 0.784. The summed E-state index contributed by atoms with van der Waals surface area (Å²) >= 11 is 1.50. The summed E-state index contributed by atoms with van der Waals surface area (Å²) in [4.78, 5) is 24.2. The third-order valence-electron chi connectivity index (χ3n) is 7.31. The normalized spacial score (nSPS) is 35.6. The van der Waals surface area contributed by atoms with Crippen LogP contribution in [0, 0.1) is 36.5 Å². The smallest absolute Gasteiger partial charge is 0.226 e. The Morgan fingerprint density at radius 1 is 1.19 bits per heavy atom. The zero-order valence-corrected chi connectivity index (χ0v) is 16.6. The minimum absolute atomic E-state index is 0.378. The number of amides is 1. The number of piperazine rings is 1. The largest absolute Gasteiger partial charge is 0.344 e. The van der Waals surface area contributed by atoms with E-state index in [0.717, 1.165) is 73.9 Å². The molecular weight excluding hydrogens is 346 g/mol. The van der Waals surface area contributed by atoms with E-state index in [1.807, 2.05) is 18.9 Å². The Balaban J connectivity index is 1.07. The molecule has 1 aromatic rings. The van der Waals surface area contributed by atoms with Crippen LogP contribution in [0.4, 0.5) is 5.13 Å². The van der Waals surface area contributed by atoms with Gasteiger partial charge in [-0.05, 0) is 49.9 Å². The number of rotatable bonds is 5. The molecule has 3 aliphatic carbocycles. The number of aromatic nitrogens is 2. The molecule has 1 aromatic heterocycles.